The van der Waals surface area contributed by atoms with E-state index in [0.29, 0.717) is 0 Å². The van der Waals surface area contributed by atoms with Gasteiger partial charge in [0.2, 0.25) is 0 Å². The summed E-state index contributed by atoms with van der Waals surface area (Å²) in [5.74, 6) is -0.934. The lowest BCUT2D eigenvalue weighted by Crippen LogP contribution is -2.34. The van der Waals surface area contributed by atoms with Crippen molar-refractivity contribution in [2.45, 2.75) is 33.7 Å². The molecule has 0 atom stereocenters. The highest BCUT2D eigenvalue weighted by molar-refractivity contribution is 6.01. The van der Waals surface area contributed by atoms with Gasteiger partial charge in [0.15, 0.2) is 0 Å². The molecule has 0 aliphatic rings. The van der Waals surface area contributed by atoms with Crippen LogP contribution in [0.2, 0.25) is 0 Å². The van der Waals surface area contributed by atoms with Crippen molar-refractivity contribution in [1.29, 1.82) is 0 Å². The van der Waals surface area contributed by atoms with Crippen LogP contribution in [-0.2, 0) is 14.3 Å². The summed E-state index contributed by atoms with van der Waals surface area (Å²) in [6.07, 6.45) is 1.15. The highest BCUT2D eigenvalue weighted by Gasteiger charge is 2.14. The van der Waals surface area contributed by atoms with Crippen LogP contribution in [0.15, 0.2) is 30.0 Å². The van der Waals surface area contributed by atoms with Crippen LogP contribution in [0.25, 0.3) is 0 Å². The first-order valence-electron chi connectivity index (χ1n) is 6.78. The van der Waals surface area contributed by atoms with Gasteiger partial charge in [-0.2, -0.15) is 0 Å². The molecule has 1 aromatic carbocycles. The van der Waals surface area contributed by atoms with Gasteiger partial charge in [-0.3, -0.25) is 4.79 Å². The van der Waals surface area contributed by atoms with Crippen molar-refractivity contribution in [2.75, 3.05) is 12.4 Å². The Kier molecular flexibility index (Phi) is 5.96. The molecule has 0 saturated carbocycles. The summed E-state index contributed by atoms with van der Waals surface area (Å²) in [5.41, 5.74) is 3.04. The van der Waals surface area contributed by atoms with Crippen LogP contribution in [0.4, 0.5) is 5.69 Å². The van der Waals surface area contributed by atoms with Crippen molar-refractivity contribution < 1.29 is 14.3 Å². The van der Waals surface area contributed by atoms with Gasteiger partial charge >= 0.3 is 5.97 Å². The quantitative estimate of drug-likeness (QED) is 0.645. The normalized spacial score (nSPS) is 11.2. The number of carbonyl (C=O) groups is 2. The van der Waals surface area contributed by atoms with Crippen molar-refractivity contribution in [3.05, 3.63) is 41.1 Å². The standard InChI is InChI=1S/C16H22N2O3/c1-10(2)17-16(20)14(9-15(19)21-5)18-13-7-6-11(3)8-12(13)4/h6-10,18H,1-5H3,(H,17,20)/b14-9-. The van der Waals surface area contributed by atoms with Crippen LogP contribution >= 0.6 is 0 Å². The molecule has 2 N–H and O–H groups in total. The molecule has 0 bridgehead atoms. The maximum Gasteiger partial charge on any atom is 0.332 e. The van der Waals surface area contributed by atoms with Gasteiger partial charge in [-0.05, 0) is 39.3 Å². The minimum atomic E-state index is -0.582. The fraction of sp³-hybridized carbons (Fsp3) is 0.375. The second-order valence-corrected chi connectivity index (χ2v) is 5.15. The number of nitrogens with one attached hydrogen (secondary N) is 2. The molecule has 5 nitrogen and oxygen atoms in total. The third-order valence-corrected chi connectivity index (χ3v) is 2.78. The Balaban J connectivity index is 3.04. The summed E-state index contributed by atoms with van der Waals surface area (Å²) in [6, 6.07) is 5.78. The van der Waals surface area contributed by atoms with E-state index in [1.807, 2.05) is 45.9 Å². The van der Waals surface area contributed by atoms with E-state index >= 15 is 0 Å². The summed E-state index contributed by atoms with van der Waals surface area (Å²) in [6.45, 7) is 7.63. The predicted octanol–water partition coefficient (Wildman–Crippen LogP) is 2.30. The lowest BCUT2D eigenvalue weighted by Gasteiger charge is -2.15. The van der Waals surface area contributed by atoms with Crippen molar-refractivity contribution in [3.8, 4) is 0 Å². The number of hydrogen-bond acceptors (Lipinski definition) is 4. The number of benzene rings is 1. The molecule has 0 spiro atoms. The van der Waals surface area contributed by atoms with Gasteiger partial charge in [-0.1, -0.05) is 17.7 Å². The van der Waals surface area contributed by atoms with Gasteiger partial charge in [0.1, 0.15) is 5.70 Å². The Morgan fingerprint density at radius 2 is 1.90 bits per heavy atom. The number of methoxy groups -OCH3 is 1. The summed E-state index contributed by atoms with van der Waals surface area (Å²) >= 11 is 0. The SMILES string of the molecule is COC(=O)/C=C(\Nc1ccc(C)cc1C)C(=O)NC(C)C. The van der Waals surface area contributed by atoms with E-state index in [0.717, 1.165) is 22.9 Å². The minimum Gasteiger partial charge on any atom is -0.466 e. The van der Waals surface area contributed by atoms with Gasteiger partial charge in [-0.25, -0.2) is 4.79 Å². The molecule has 0 unspecified atom stereocenters. The molecular formula is C16H22N2O3. The Morgan fingerprint density at radius 1 is 1.24 bits per heavy atom. The molecule has 1 rings (SSSR count). The molecule has 0 saturated heterocycles. The highest BCUT2D eigenvalue weighted by atomic mass is 16.5. The smallest absolute Gasteiger partial charge is 0.332 e. The fourth-order valence-electron chi connectivity index (χ4n) is 1.77. The third kappa shape index (κ3) is 5.30. The molecule has 0 heterocycles. The first-order chi connectivity index (χ1) is 9.83. The van der Waals surface area contributed by atoms with Crippen LogP contribution in [0, 0.1) is 13.8 Å². The number of esters is 1. The van der Waals surface area contributed by atoms with Gasteiger partial charge < -0.3 is 15.4 Å². The first-order valence-corrected chi connectivity index (χ1v) is 6.78. The van der Waals surface area contributed by atoms with E-state index in [1.165, 1.54) is 7.11 Å². The second-order valence-electron chi connectivity index (χ2n) is 5.15. The largest absolute Gasteiger partial charge is 0.466 e. The molecule has 114 valence electrons. The zero-order chi connectivity index (χ0) is 16.0. The topological polar surface area (TPSA) is 67.4 Å². The summed E-state index contributed by atoms with van der Waals surface area (Å²) in [4.78, 5) is 23.6. The average molecular weight is 290 g/mol. The van der Waals surface area contributed by atoms with Crippen molar-refractivity contribution in [3.63, 3.8) is 0 Å². The average Bonchev–Trinajstić information content (AvgIpc) is 2.39. The molecule has 21 heavy (non-hydrogen) atoms. The molecular weight excluding hydrogens is 268 g/mol. The number of anilines is 1. The first kappa shape index (κ1) is 16.8. The zero-order valence-electron chi connectivity index (χ0n) is 13.1. The van der Waals surface area contributed by atoms with Gasteiger partial charge in [-0.15, -0.1) is 0 Å². The van der Waals surface area contributed by atoms with Crippen molar-refractivity contribution in [1.82, 2.24) is 5.32 Å². The van der Waals surface area contributed by atoms with E-state index in [1.54, 1.807) is 0 Å². The highest BCUT2D eigenvalue weighted by Crippen LogP contribution is 2.18. The van der Waals surface area contributed by atoms with Crippen LogP contribution in [0.5, 0.6) is 0 Å². The van der Waals surface area contributed by atoms with Crippen molar-refractivity contribution >= 4 is 17.6 Å². The Morgan fingerprint density at radius 3 is 2.43 bits per heavy atom. The zero-order valence-corrected chi connectivity index (χ0v) is 13.1. The molecule has 5 heteroatoms. The van der Waals surface area contributed by atoms with Crippen LogP contribution in [-0.4, -0.2) is 25.0 Å². The molecule has 1 amide bonds. The van der Waals surface area contributed by atoms with Gasteiger partial charge in [0.25, 0.3) is 5.91 Å². The summed E-state index contributed by atoms with van der Waals surface area (Å²) < 4.78 is 4.59. The second kappa shape index (κ2) is 7.47. The lowest BCUT2D eigenvalue weighted by atomic mass is 10.1. The minimum absolute atomic E-state index is 0.0283. The van der Waals surface area contributed by atoms with Gasteiger partial charge in [0.05, 0.1) is 13.2 Å². The molecule has 0 fully saturated rings. The van der Waals surface area contributed by atoms with Crippen LogP contribution in [0.3, 0.4) is 0 Å². The maximum atomic E-state index is 12.1. The lowest BCUT2D eigenvalue weighted by molar-refractivity contribution is -0.135. The molecule has 1 aromatic rings. The molecule has 0 aliphatic heterocycles. The van der Waals surface area contributed by atoms with E-state index in [-0.39, 0.29) is 17.6 Å². The van der Waals surface area contributed by atoms with Crippen molar-refractivity contribution in [2.24, 2.45) is 0 Å². The van der Waals surface area contributed by atoms with E-state index in [4.69, 9.17) is 0 Å². The fourth-order valence-corrected chi connectivity index (χ4v) is 1.77. The van der Waals surface area contributed by atoms with Crippen LogP contribution in [0.1, 0.15) is 25.0 Å². The molecule has 0 aromatic heterocycles. The number of aryl methyl sites for hydroxylation is 2. The number of rotatable bonds is 5. The summed E-state index contributed by atoms with van der Waals surface area (Å²) in [5, 5.41) is 5.74. The van der Waals surface area contributed by atoms with Crippen LogP contribution < -0.4 is 10.6 Å². The Labute approximate surface area is 125 Å². The Hall–Kier alpha value is -2.30. The predicted molar refractivity (Wildman–Crippen MR) is 82.9 cm³/mol. The maximum absolute atomic E-state index is 12.1. The number of hydrogen-bond donors (Lipinski definition) is 2. The number of amides is 1. The monoisotopic (exact) mass is 290 g/mol. The molecule has 0 radical (unpaired) electrons. The van der Waals surface area contributed by atoms with E-state index < -0.39 is 5.97 Å². The summed E-state index contributed by atoms with van der Waals surface area (Å²) in [7, 11) is 1.27. The van der Waals surface area contributed by atoms with Gasteiger partial charge in [0, 0.05) is 11.7 Å². The van der Waals surface area contributed by atoms with E-state index in [9.17, 15) is 9.59 Å². The number of ether oxygens (including phenoxy) is 1. The molecule has 0 aliphatic carbocycles. The number of carbonyl (C=O) groups excluding carboxylic acids is 2. The van der Waals surface area contributed by atoms with E-state index in [2.05, 4.69) is 15.4 Å². The Bertz CT molecular complexity index is 563. The third-order valence-electron chi connectivity index (χ3n) is 2.78.